The van der Waals surface area contributed by atoms with Gasteiger partial charge in [0.1, 0.15) is 0 Å². The molecule has 1 heterocycles. The third-order valence-corrected chi connectivity index (χ3v) is 3.51. The molecule has 104 valence electrons. The number of fused-ring (bicyclic) bond motifs is 1. The van der Waals surface area contributed by atoms with Crippen LogP contribution in [0, 0.1) is 0 Å². The molecule has 1 aliphatic rings. The molecule has 0 saturated heterocycles. The molecule has 19 heavy (non-hydrogen) atoms. The number of benzene rings is 1. The topological polar surface area (TPSA) is 67.1 Å². The largest absolute Gasteiger partial charge is 0.326 e. The molecule has 0 aliphatic carbocycles. The Bertz CT molecular complexity index is 477. The predicted octanol–water partition coefficient (Wildman–Crippen LogP) is 1.96. The van der Waals surface area contributed by atoms with Gasteiger partial charge in [-0.2, -0.15) is 0 Å². The highest BCUT2D eigenvalue weighted by atomic mass is 16.1. The van der Waals surface area contributed by atoms with Crippen molar-refractivity contribution in [3.8, 4) is 0 Å². The van der Waals surface area contributed by atoms with Gasteiger partial charge in [-0.3, -0.25) is 4.79 Å². The number of nitrogens with two attached hydrogens (primary N) is 1. The molecule has 1 aliphatic heterocycles. The highest BCUT2D eigenvalue weighted by Crippen LogP contribution is 2.28. The number of aryl methyl sites for hydroxylation is 1. The lowest BCUT2D eigenvalue weighted by Gasteiger charge is -2.27. The van der Waals surface area contributed by atoms with E-state index in [9.17, 15) is 4.79 Å². The van der Waals surface area contributed by atoms with Crippen LogP contribution in [0.25, 0.3) is 0 Å². The normalized spacial score (nSPS) is 16.7. The third kappa shape index (κ3) is 3.55. The third-order valence-electron chi connectivity index (χ3n) is 3.51. The number of hydrogen-bond donors (Lipinski definition) is 3. The molecule has 1 amide bonds. The number of hydrogen-bond acceptors (Lipinski definition) is 3. The maximum atomic E-state index is 11.3. The lowest BCUT2D eigenvalue weighted by Crippen LogP contribution is -2.36. The Balaban J connectivity index is 2.23. The van der Waals surface area contributed by atoms with Crippen LogP contribution in [0.3, 0.4) is 0 Å². The van der Waals surface area contributed by atoms with Crippen LogP contribution in [0.15, 0.2) is 18.2 Å². The summed E-state index contributed by atoms with van der Waals surface area (Å²) in [6, 6.07) is 6.48. The zero-order valence-electron chi connectivity index (χ0n) is 11.9. The molecule has 0 radical (unpaired) electrons. The molecular weight excluding hydrogens is 238 g/mol. The fourth-order valence-corrected chi connectivity index (χ4v) is 2.53. The van der Waals surface area contributed by atoms with Crippen LogP contribution >= 0.6 is 0 Å². The van der Waals surface area contributed by atoms with Crippen molar-refractivity contribution >= 4 is 11.6 Å². The minimum absolute atomic E-state index is 0.105. The quantitative estimate of drug-likeness (QED) is 0.776. The summed E-state index contributed by atoms with van der Waals surface area (Å²) in [4.78, 5) is 11.3. The van der Waals surface area contributed by atoms with Crippen molar-refractivity contribution < 1.29 is 4.79 Å². The lowest BCUT2D eigenvalue weighted by atomic mass is 9.90. The minimum atomic E-state index is -0.211. The molecule has 0 saturated carbocycles. The van der Waals surface area contributed by atoms with Gasteiger partial charge in [-0.15, -0.1) is 0 Å². The van der Waals surface area contributed by atoms with Gasteiger partial charge in [-0.05, 0) is 50.9 Å². The molecule has 0 spiro atoms. The predicted molar refractivity (Wildman–Crippen MR) is 78.1 cm³/mol. The summed E-state index contributed by atoms with van der Waals surface area (Å²) in [6.45, 7) is 4.08. The number of anilines is 1. The van der Waals surface area contributed by atoms with Crippen LogP contribution in [0.2, 0.25) is 0 Å². The summed E-state index contributed by atoms with van der Waals surface area (Å²) < 4.78 is 0. The number of amides is 1. The Morgan fingerprint density at radius 1 is 1.42 bits per heavy atom. The van der Waals surface area contributed by atoms with Gasteiger partial charge in [0.15, 0.2) is 0 Å². The summed E-state index contributed by atoms with van der Waals surface area (Å²) in [5.41, 5.74) is 9.29. The number of rotatable bonds is 4. The van der Waals surface area contributed by atoms with Gasteiger partial charge in [0, 0.05) is 23.7 Å². The summed E-state index contributed by atoms with van der Waals surface area (Å²) >= 11 is 0. The van der Waals surface area contributed by atoms with E-state index in [2.05, 4.69) is 22.8 Å². The van der Waals surface area contributed by atoms with Crippen molar-refractivity contribution in [2.45, 2.75) is 44.7 Å². The van der Waals surface area contributed by atoms with Crippen molar-refractivity contribution in [2.24, 2.45) is 5.73 Å². The van der Waals surface area contributed by atoms with Gasteiger partial charge in [0.25, 0.3) is 0 Å². The van der Waals surface area contributed by atoms with Crippen molar-refractivity contribution in [3.05, 3.63) is 29.3 Å². The molecule has 1 aromatic rings. The zero-order chi connectivity index (χ0) is 14.0. The number of carbonyl (C=O) groups is 1. The number of nitrogens with one attached hydrogen (secondary N) is 2. The molecule has 4 heteroatoms. The fourth-order valence-electron chi connectivity index (χ4n) is 2.53. The standard InChI is InChI=1S/C15H23N3O/c1-15(2,16)9-13(17-3)11-4-6-12-10(8-11)5-7-14(19)18-12/h4,6,8,13,17H,5,7,9,16H2,1-3H3,(H,18,19). The summed E-state index contributed by atoms with van der Waals surface area (Å²) in [5.74, 6) is 0.105. The molecule has 0 fully saturated rings. The van der Waals surface area contributed by atoms with Crippen LogP contribution in [0.5, 0.6) is 0 Å². The van der Waals surface area contributed by atoms with E-state index < -0.39 is 0 Å². The molecule has 0 bridgehead atoms. The highest BCUT2D eigenvalue weighted by Gasteiger charge is 2.21. The Kier molecular flexibility index (Phi) is 3.92. The average Bonchev–Trinajstić information content (AvgIpc) is 2.34. The molecule has 4 N–H and O–H groups in total. The first kappa shape index (κ1) is 14.0. The Morgan fingerprint density at radius 3 is 2.79 bits per heavy atom. The Hall–Kier alpha value is -1.39. The monoisotopic (exact) mass is 261 g/mol. The zero-order valence-corrected chi connectivity index (χ0v) is 11.9. The smallest absolute Gasteiger partial charge is 0.224 e. The first-order chi connectivity index (χ1) is 8.89. The first-order valence-corrected chi connectivity index (χ1v) is 6.78. The van der Waals surface area contributed by atoms with E-state index in [0.717, 1.165) is 18.5 Å². The fraction of sp³-hybridized carbons (Fsp3) is 0.533. The van der Waals surface area contributed by atoms with Gasteiger partial charge < -0.3 is 16.4 Å². The van der Waals surface area contributed by atoms with Crippen LogP contribution in [-0.4, -0.2) is 18.5 Å². The van der Waals surface area contributed by atoms with Gasteiger partial charge in [0.2, 0.25) is 5.91 Å². The Morgan fingerprint density at radius 2 is 2.16 bits per heavy atom. The van der Waals surface area contributed by atoms with Crippen molar-refractivity contribution in [1.82, 2.24) is 5.32 Å². The molecule has 2 rings (SSSR count). The molecule has 4 nitrogen and oxygen atoms in total. The minimum Gasteiger partial charge on any atom is -0.326 e. The molecular formula is C15H23N3O. The summed E-state index contributed by atoms with van der Waals surface area (Å²) in [7, 11) is 1.96. The maximum absolute atomic E-state index is 11.3. The van der Waals surface area contributed by atoms with Crippen molar-refractivity contribution in [1.29, 1.82) is 0 Å². The highest BCUT2D eigenvalue weighted by molar-refractivity contribution is 5.93. The van der Waals surface area contributed by atoms with Crippen LogP contribution < -0.4 is 16.4 Å². The van der Waals surface area contributed by atoms with Crippen LogP contribution in [0.4, 0.5) is 5.69 Å². The van der Waals surface area contributed by atoms with E-state index in [1.807, 2.05) is 27.0 Å². The van der Waals surface area contributed by atoms with E-state index in [0.29, 0.717) is 6.42 Å². The summed E-state index contributed by atoms with van der Waals surface area (Å²) in [6.07, 6.45) is 2.26. The van der Waals surface area contributed by atoms with Gasteiger partial charge in [-0.1, -0.05) is 12.1 Å². The average molecular weight is 261 g/mol. The number of carbonyl (C=O) groups excluding carboxylic acids is 1. The summed E-state index contributed by atoms with van der Waals surface area (Å²) in [5, 5.41) is 6.23. The first-order valence-electron chi connectivity index (χ1n) is 6.78. The Labute approximate surface area is 114 Å². The lowest BCUT2D eigenvalue weighted by molar-refractivity contribution is -0.116. The van der Waals surface area contributed by atoms with E-state index in [1.165, 1.54) is 11.1 Å². The van der Waals surface area contributed by atoms with Gasteiger partial charge in [-0.25, -0.2) is 0 Å². The molecule has 1 atom stereocenters. The molecule has 1 aromatic carbocycles. The van der Waals surface area contributed by atoms with Gasteiger partial charge in [0.05, 0.1) is 0 Å². The van der Waals surface area contributed by atoms with Crippen LogP contribution in [0.1, 0.15) is 43.9 Å². The van der Waals surface area contributed by atoms with Crippen molar-refractivity contribution in [3.63, 3.8) is 0 Å². The molecule has 0 aromatic heterocycles. The van der Waals surface area contributed by atoms with E-state index in [-0.39, 0.29) is 17.5 Å². The maximum Gasteiger partial charge on any atom is 0.224 e. The second kappa shape index (κ2) is 5.31. The van der Waals surface area contributed by atoms with Crippen LogP contribution in [-0.2, 0) is 11.2 Å². The van der Waals surface area contributed by atoms with Gasteiger partial charge >= 0.3 is 0 Å². The van der Waals surface area contributed by atoms with E-state index >= 15 is 0 Å². The van der Waals surface area contributed by atoms with E-state index in [1.54, 1.807) is 0 Å². The van der Waals surface area contributed by atoms with Crippen molar-refractivity contribution in [2.75, 3.05) is 12.4 Å². The SMILES string of the molecule is CNC(CC(C)(C)N)c1ccc2c(c1)CCC(=O)N2. The molecule has 1 unspecified atom stereocenters. The second-order valence-electron chi connectivity index (χ2n) is 6.00. The second-order valence-corrected chi connectivity index (χ2v) is 6.00. The van der Waals surface area contributed by atoms with E-state index in [4.69, 9.17) is 5.73 Å².